The Bertz CT molecular complexity index is 2170. The number of carbonyl (C=O) groups excluding carboxylic acids is 5. The fraction of sp³-hybridized carbons (Fsp3) is 0.467. The molecule has 1 unspecified atom stereocenters. The van der Waals surface area contributed by atoms with E-state index < -0.39 is 23.8 Å². The number of hydrogen-bond acceptors (Lipinski definition) is 8. The molecule has 1 aliphatic carbocycles. The molecule has 6 aliphatic rings. The molecule has 5 heterocycles. The Hall–Kier alpha value is -5.25. The van der Waals surface area contributed by atoms with Crippen molar-refractivity contribution in [2.24, 2.45) is 11.3 Å². The van der Waals surface area contributed by atoms with Gasteiger partial charge in [-0.1, -0.05) is 17.7 Å². The summed E-state index contributed by atoms with van der Waals surface area (Å²) in [5, 5.41) is 2.67. The van der Waals surface area contributed by atoms with E-state index in [0.717, 1.165) is 111 Å². The zero-order chi connectivity index (χ0) is 40.1. The second kappa shape index (κ2) is 15.5. The number of anilines is 1. The highest BCUT2D eigenvalue weighted by Crippen LogP contribution is 2.46. The number of hydrogen-bond donors (Lipinski definition) is 1. The molecule has 12 nitrogen and oxygen atoms in total. The van der Waals surface area contributed by atoms with Gasteiger partial charge < -0.3 is 14.5 Å². The molecule has 13 heteroatoms. The molecule has 9 rings (SSSR count). The van der Waals surface area contributed by atoms with Crippen LogP contribution in [-0.4, -0.2) is 89.1 Å². The number of benzene rings is 3. The Morgan fingerprint density at radius 2 is 1.48 bits per heavy atom. The lowest BCUT2D eigenvalue weighted by Crippen LogP contribution is -2.54. The standard InChI is InChI=1S/C45H47ClN6O6/c1-47-38-7-6-34(24-37(38)46)58-33-10-14-45(15-11-33)16-20-51(21-17-45)42(55)29-2-4-32(5-3-29)50-18-12-28(13-19-50)25-49-26-30-22-35-36(23-31(30)27-49)44(57)52(43(35)56)39-8-9-40(53)48-41(39)54/h2-7,22-24,28,33,39H,8-21,25-27H2,(H,48,53,54). The minimum atomic E-state index is -0.958. The molecule has 0 bridgehead atoms. The molecule has 0 aromatic heterocycles. The Labute approximate surface area is 343 Å². The summed E-state index contributed by atoms with van der Waals surface area (Å²) in [6.07, 6.45) is 8.65. The molecular formula is C45H47ClN6O6. The second-order valence-corrected chi connectivity index (χ2v) is 17.5. The van der Waals surface area contributed by atoms with Crippen LogP contribution in [0.4, 0.5) is 11.4 Å². The number of likely N-dealkylation sites (tertiary alicyclic amines) is 1. The summed E-state index contributed by atoms with van der Waals surface area (Å²) < 4.78 is 6.23. The van der Waals surface area contributed by atoms with Crippen LogP contribution in [0.3, 0.4) is 0 Å². The zero-order valence-electron chi connectivity index (χ0n) is 32.5. The fourth-order valence-electron chi connectivity index (χ4n) is 10.2. The second-order valence-electron chi connectivity index (χ2n) is 17.1. The largest absolute Gasteiger partial charge is 0.490 e. The molecule has 1 atom stereocenters. The van der Waals surface area contributed by atoms with Crippen LogP contribution in [0.2, 0.25) is 5.02 Å². The van der Waals surface area contributed by atoms with Crippen molar-refractivity contribution >= 4 is 52.5 Å². The Kier molecular flexibility index (Phi) is 10.2. The molecular weight excluding hydrogens is 756 g/mol. The molecule has 1 saturated carbocycles. The predicted octanol–water partition coefficient (Wildman–Crippen LogP) is 6.77. The summed E-state index contributed by atoms with van der Waals surface area (Å²) in [5.41, 5.74) is 5.35. The molecule has 3 aromatic carbocycles. The van der Waals surface area contributed by atoms with Gasteiger partial charge in [0.2, 0.25) is 17.5 Å². The molecule has 5 aliphatic heterocycles. The first-order valence-electron chi connectivity index (χ1n) is 20.6. The summed E-state index contributed by atoms with van der Waals surface area (Å²) in [5.74, 6) is -0.558. The summed E-state index contributed by atoms with van der Waals surface area (Å²) in [4.78, 5) is 75.5. The number of piperidine rings is 3. The number of nitrogens with one attached hydrogen (secondary N) is 1. The molecule has 1 spiro atoms. The van der Waals surface area contributed by atoms with Crippen molar-refractivity contribution in [2.75, 3.05) is 37.6 Å². The quantitative estimate of drug-likeness (QED) is 0.205. The van der Waals surface area contributed by atoms with Crippen molar-refractivity contribution in [3.05, 3.63) is 98.9 Å². The molecule has 0 radical (unpaired) electrons. The Morgan fingerprint density at radius 3 is 2.09 bits per heavy atom. The number of carbonyl (C=O) groups is 5. The van der Waals surface area contributed by atoms with Crippen LogP contribution in [0, 0.1) is 17.9 Å². The lowest BCUT2D eigenvalue weighted by molar-refractivity contribution is -0.136. The number of imide groups is 2. The Balaban J connectivity index is 0.719. The average molecular weight is 803 g/mol. The molecule has 1 N–H and O–H groups in total. The van der Waals surface area contributed by atoms with Gasteiger partial charge in [-0.2, -0.15) is 0 Å². The number of amides is 5. The smallest absolute Gasteiger partial charge is 0.262 e. The lowest BCUT2D eigenvalue weighted by atomic mass is 9.67. The summed E-state index contributed by atoms with van der Waals surface area (Å²) >= 11 is 6.21. The molecule has 4 fully saturated rings. The topological polar surface area (TPSA) is 124 Å². The van der Waals surface area contributed by atoms with Crippen molar-refractivity contribution in [1.82, 2.24) is 20.0 Å². The summed E-state index contributed by atoms with van der Waals surface area (Å²) in [6, 6.07) is 16.1. The van der Waals surface area contributed by atoms with Crippen LogP contribution in [0.1, 0.15) is 106 Å². The maximum Gasteiger partial charge on any atom is 0.262 e. The maximum atomic E-state index is 13.6. The highest BCUT2D eigenvalue weighted by molar-refractivity contribution is 6.33. The Morgan fingerprint density at radius 1 is 0.828 bits per heavy atom. The highest BCUT2D eigenvalue weighted by atomic mass is 35.5. The van der Waals surface area contributed by atoms with Crippen LogP contribution in [0.25, 0.3) is 4.85 Å². The monoisotopic (exact) mass is 802 g/mol. The highest BCUT2D eigenvalue weighted by Gasteiger charge is 2.46. The molecule has 3 aromatic rings. The van der Waals surface area contributed by atoms with Crippen LogP contribution in [0.15, 0.2) is 54.6 Å². The van der Waals surface area contributed by atoms with Crippen molar-refractivity contribution in [3.63, 3.8) is 0 Å². The van der Waals surface area contributed by atoms with Gasteiger partial charge in [-0.3, -0.25) is 39.1 Å². The van der Waals surface area contributed by atoms with E-state index in [1.165, 1.54) is 0 Å². The van der Waals surface area contributed by atoms with E-state index in [2.05, 4.69) is 32.1 Å². The maximum absolute atomic E-state index is 13.6. The zero-order valence-corrected chi connectivity index (χ0v) is 33.3. The van der Waals surface area contributed by atoms with Crippen molar-refractivity contribution in [3.8, 4) is 5.75 Å². The minimum absolute atomic E-state index is 0.100. The minimum Gasteiger partial charge on any atom is -0.490 e. The number of ether oxygens (including phenoxy) is 1. The molecule has 58 heavy (non-hydrogen) atoms. The van der Waals surface area contributed by atoms with Crippen molar-refractivity contribution in [2.45, 2.75) is 89.4 Å². The first-order valence-corrected chi connectivity index (χ1v) is 21.0. The van der Waals surface area contributed by atoms with E-state index in [1.54, 1.807) is 12.1 Å². The first kappa shape index (κ1) is 38.3. The third kappa shape index (κ3) is 7.35. The van der Waals surface area contributed by atoms with Gasteiger partial charge in [0.1, 0.15) is 11.8 Å². The summed E-state index contributed by atoms with van der Waals surface area (Å²) in [7, 11) is 0. The summed E-state index contributed by atoms with van der Waals surface area (Å²) in [6.45, 7) is 13.0. The number of fused-ring (bicyclic) bond motifs is 2. The van der Waals surface area contributed by atoms with Gasteiger partial charge in [0, 0.05) is 63.5 Å². The van der Waals surface area contributed by atoms with Crippen LogP contribution in [0.5, 0.6) is 5.75 Å². The molecule has 3 saturated heterocycles. The molecule has 300 valence electrons. The van der Waals surface area contributed by atoms with Crippen LogP contribution in [-0.2, 0) is 22.7 Å². The van der Waals surface area contributed by atoms with Crippen molar-refractivity contribution in [1.29, 1.82) is 0 Å². The third-order valence-corrected chi connectivity index (χ3v) is 13.9. The lowest BCUT2D eigenvalue weighted by Gasteiger charge is -2.45. The van der Waals surface area contributed by atoms with E-state index in [9.17, 15) is 24.0 Å². The SMILES string of the molecule is [C-]#[N+]c1ccc(OC2CCC3(CC2)CCN(C(=O)c2ccc(N4CCC(CN5Cc6cc7c(cc6C5)C(=O)N(C5CCC(=O)NC5=O)C7=O)CC4)cc2)CC3)cc1Cl. The van der Waals surface area contributed by atoms with Gasteiger partial charge in [-0.15, -0.1) is 0 Å². The van der Waals surface area contributed by atoms with Gasteiger partial charge in [0.25, 0.3) is 17.7 Å². The third-order valence-electron chi connectivity index (χ3n) is 13.6. The first-order chi connectivity index (χ1) is 28.1. The van der Waals surface area contributed by atoms with Gasteiger partial charge >= 0.3 is 0 Å². The fourth-order valence-corrected chi connectivity index (χ4v) is 10.4. The van der Waals surface area contributed by atoms with E-state index in [-0.39, 0.29) is 36.2 Å². The average Bonchev–Trinajstić information content (AvgIpc) is 3.74. The van der Waals surface area contributed by atoms with Gasteiger partial charge in [0.15, 0.2) is 0 Å². The van der Waals surface area contributed by atoms with Crippen LogP contribution >= 0.6 is 11.6 Å². The van der Waals surface area contributed by atoms with Gasteiger partial charge in [0.05, 0.1) is 28.8 Å². The predicted molar refractivity (Wildman–Crippen MR) is 217 cm³/mol. The van der Waals surface area contributed by atoms with Gasteiger partial charge in [-0.25, -0.2) is 4.85 Å². The van der Waals surface area contributed by atoms with Crippen LogP contribution < -0.4 is 15.0 Å². The number of rotatable bonds is 7. The van der Waals surface area contributed by atoms with E-state index in [4.69, 9.17) is 22.9 Å². The van der Waals surface area contributed by atoms with E-state index in [1.807, 2.05) is 35.2 Å². The molecule has 5 amide bonds. The van der Waals surface area contributed by atoms with E-state index in [0.29, 0.717) is 46.6 Å². The van der Waals surface area contributed by atoms with E-state index >= 15 is 0 Å². The number of halogens is 1. The van der Waals surface area contributed by atoms with Gasteiger partial charge in [-0.05, 0) is 129 Å². The van der Waals surface area contributed by atoms with Crippen molar-refractivity contribution < 1.29 is 28.7 Å². The normalized spacial score (nSPS) is 22.6. The number of nitrogens with zero attached hydrogens (tertiary/aromatic N) is 5.